The second-order valence-electron chi connectivity index (χ2n) is 4.23. The van der Waals surface area contributed by atoms with Crippen molar-refractivity contribution in [2.45, 2.75) is 6.92 Å². The van der Waals surface area contributed by atoms with Crippen LogP contribution in [-0.2, 0) is 0 Å². The van der Waals surface area contributed by atoms with E-state index in [1.54, 1.807) is 31.2 Å². The van der Waals surface area contributed by atoms with Crippen LogP contribution in [0, 0.1) is 22.9 Å². The number of benzene rings is 2. The number of nitrogens with zero attached hydrogens (tertiary/aromatic N) is 1. The molecule has 0 atom stereocenters. The van der Waals surface area contributed by atoms with Crippen LogP contribution in [0.4, 0.5) is 10.1 Å². The fourth-order valence-electron chi connectivity index (χ4n) is 1.95. The molecular weight excluding hydrogens is 265 g/mol. The zero-order valence-corrected chi connectivity index (χ0v) is 10.5. The van der Waals surface area contributed by atoms with Crippen LogP contribution < -0.4 is 0 Å². The van der Waals surface area contributed by atoms with Crippen molar-refractivity contribution in [3.8, 4) is 11.1 Å². The van der Waals surface area contributed by atoms with E-state index >= 15 is 0 Å². The highest BCUT2D eigenvalue weighted by molar-refractivity contribution is 5.91. The molecule has 102 valence electrons. The summed E-state index contributed by atoms with van der Waals surface area (Å²) in [7, 11) is 0. The van der Waals surface area contributed by atoms with E-state index in [9.17, 15) is 19.3 Å². The van der Waals surface area contributed by atoms with Crippen LogP contribution in [0.2, 0.25) is 0 Å². The van der Waals surface area contributed by atoms with Gasteiger partial charge in [-0.15, -0.1) is 0 Å². The van der Waals surface area contributed by atoms with E-state index in [1.807, 2.05) is 0 Å². The van der Waals surface area contributed by atoms with Crippen molar-refractivity contribution in [1.29, 1.82) is 0 Å². The van der Waals surface area contributed by atoms with Gasteiger partial charge in [-0.2, -0.15) is 4.39 Å². The summed E-state index contributed by atoms with van der Waals surface area (Å²) in [5.41, 5.74) is 0.178. The summed E-state index contributed by atoms with van der Waals surface area (Å²) in [5, 5.41) is 19.8. The highest BCUT2D eigenvalue weighted by Crippen LogP contribution is 2.31. The number of carbonyl (C=O) groups is 1. The Kier molecular flexibility index (Phi) is 3.47. The van der Waals surface area contributed by atoms with Crippen molar-refractivity contribution in [1.82, 2.24) is 0 Å². The second-order valence-corrected chi connectivity index (χ2v) is 4.23. The molecule has 0 aliphatic carbocycles. The Balaban J connectivity index is 2.75. The highest BCUT2D eigenvalue weighted by Gasteiger charge is 2.24. The Bertz CT molecular complexity index is 677. The fourth-order valence-corrected chi connectivity index (χ4v) is 1.95. The van der Waals surface area contributed by atoms with Gasteiger partial charge in [-0.25, -0.2) is 4.79 Å². The number of aromatic carboxylic acids is 1. The van der Waals surface area contributed by atoms with Gasteiger partial charge in [0.25, 0.3) is 0 Å². The molecule has 5 nitrogen and oxygen atoms in total. The Hall–Kier alpha value is -2.76. The molecule has 0 radical (unpaired) electrons. The summed E-state index contributed by atoms with van der Waals surface area (Å²) in [4.78, 5) is 20.9. The Morgan fingerprint density at radius 2 is 1.95 bits per heavy atom. The van der Waals surface area contributed by atoms with E-state index in [2.05, 4.69) is 0 Å². The zero-order valence-electron chi connectivity index (χ0n) is 10.5. The number of carboxylic acid groups (broad SMARTS) is 1. The van der Waals surface area contributed by atoms with Crippen LogP contribution in [0.3, 0.4) is 0 Å². The maximum atomic E-state index is 13.7. The van der Waals surface area contributed by atoms with Gasteiger partial charge in [0.05, 0.1) is 4.92 Å². The number of carboxylic acids is 1. The monoisotopic (exact) mass is 275 g/mol. The summed E-state index contributed by atoms with van der Waals surface area (Å²) in [5.74, 6) is -2.87. The van der Waals surface area contributed by atoms with Gasteiger partial charge < -0.3 is 5.11 Å². The molecule has 0 saturated heterocycles. The topological polar surface area (TPSA) is 80.4 Å². The molecule has 0 heterocycles. The first-order chi connectivity index (χ1) is 9.41. The second kappa shape index (κ2) is 5.08. The predicted molar refractivity (Wildman–Crippen MR) is 70.2 cm³/mol. The maximum absolute atomic E-state index is 13.7. The minimum Gasteiger partial charge on any atom is -0.478 e. The van der Waals surface area contributed by atoms with Crippen LogP contribution in [0.25, 0.3) is 11.1 Å². The third kappa shape index (κ3) is 2.35. The molecule has 0 unspecified atom stereocenters. The molecule has 0 spiro atoms. The molecule has 0 aliphatic heterocycles. The lowest BCUT2D eigenvalue weighted by Crippen LogP contribution is -2.05. The smallest absolute Gasteiger partial charge is 0.338 e. The molecule has 2 rings (SSSR count). The summed E-state index contributed by atoms with van der Waals surface area (Å²) < 4.78 is 13.7. The van der Waals surface area contributed by atoms with E-state index in [0.717, 1.165) is 17.7 Å². The van der Waals surface area contributed by atoms with Gasteiger partial charge in [0.2, 0.25) is 5.82 Å². The largest absolute Gasteiger partial charge is 0.478 e. The van der Waals surface area contributed by atoms with Crippen LogP contribution in [0.1, 0.15) is 15.9 Å². The first-order valence-corrected chi connectivity index (χ1v) is 5.69. The molecule has 0 aliphatic rings. The molecule has 2 aromatic rings. The number of nitro benzene ring substituents is 1. The molecule has 0 saturated carbocycles. The highest BCUT2D eigenvalue weighted by atomic mass is 19.1. The molecular formula is C14H10FNO4. The van der Waals surface area contributed by atoms with Gasteiger partial charge in [0.15, 0.2) is 0 Å². The van der Waals surface area contributed by atoms with Gasteiger partial charge in [0.1, 0.15) is 5.56 Å². The number of hydrogen-bond donors (Lipinski definition) is 1. The van der Waals surface area contributed by atoms with E-state index in [-0.39, 0.29) is 0 Å². The summed E-state index contributed by atoms with van der Waals surface area (Å²) in [6.45, 7) is 1.78. The SMILES string of the molecule is Cc1ccccc1-c1cc(C(=O)O)c(F)c([N+](=O)[O-])c1. The van der Waals surface area contributed by atoms with Crippen LogP contribution >= 0.6 is 0 Å². The van der Waals surface area contributed by atoms with E-state index in [4.69, 9.17) is 5.11 Å². The molecule has 20 heavy (non-hydrogen) atoms. The Morgan fingerprint density at radius 1 is 1.30 bits per heavy atom. The van der Waals surface area contributed by atoms with Crippen LogP contribution in [-0.4, -0.2) is 16.0 Å². The van der Waals surface area contributed by atoms with E-state index in [0.29, 0.717) is 11.1 Å². The Morgan fingerprint density at radius 3 is 2.50 bits per heavy atom. The van der Waals surface area contributed by atoms with Crippen LogP contribution in [0.15, 0.2) is 36.4 Å². The molecule has 0 bridgehead atoms. The van der Waals surface area contributed by atoms with Crippen molar-refractivity contribution >= 4 is 11.7 Å². The van der Waals surface area contributed by atoms with Crippen molar-refractivity contribution in [2.75, 3.05) is 0 Å². The lowest BCUT2D eigenvalue weighted by atomic mass is 9.98. The maximum Gasteiger partial charge on any atom is 0.338 e. The van der Waals surface area contributed by atoms with Crippen molar-refractivity contribution in [3.05, 3.63) is 63.5 Å². The van der Waals surface area contributed by atoms with Crippen LogP contribution in [0.5, 0.6) is 0 Å². The normalized spacial score (nSPS) is 10.3. The number of nitro groups is 1. The number of halogens is 1. The zero-order chi connectivity index (χ0) is 14.9. The first-order valence-electron chi connectivity index (χ1n) is 5.69. The fraction of sp³-hybridized carbons (Fsp3) is 0.0714. The lowest BCUT2D eigenvalue weighted by molar-refractivity contribution is -0.387. The van der Waals surface area contributed by atoms with Crippen molar-refractivity contribution in [3.63, 3.8) is 0 Å². The molecule has 0 aromatic heterocycles. The van der Waals surface area contributed by atoms with Gasteiger partial charge in [-0.3, -0.25) is 10.1 Å². The Labute approximate surface area is 113 Å². The van der Waals surface area contributed by atoms with E-state index in [1.165, 1.54) is 0 Å². The van der Waals surface area contributed by atoms with E-state index < -0.39 is 28.0 Å². The van der Waals surface area contributed by atoms with Gasteiger partial charge >= 0.3 is 11.7 Å². The number of hydrogen-bond acceptors (Lipinski definition) is 3. The van der Waals surface area contributed by atoms with Gasteiger partial charge in [0, 0.05) is 6.07 Å². The predicted octanol–water partition coefficient (Wildman–Crippen LogP) is 3.41. The number of rotatable bonds is 3. The van der Waals surface area contributed by atoms with Gasteiger partial charge in [-0.05, 0) is 29.7 Å². The third-order valence-electron chi connectivity index (χ3n) is 2.94. The molecule has 6 heteroatoms. The third-order valence-corrected chi connectivity index (χ3v) is 2.94. The van der Waals surface area contributed by atoms with Crippen molar-refractivity contribution in [2.24, 2.45) is 0 Å². The minimum atomic E-state index is -1.54. The molecule has 2 aromatic carbocycles. The minimum absolute atomic E-state index is 0.300. The standard InChI is InChI=1S/C14H10FNO4/c1-8-4-2-3-5-10(8)9-6-11(14(17)18)13(15)12(7-9)16(19)20/h2-7H,1H3,(H,17,18). The average Bonchev–Trinajstić information content (AvgIpc) is 2.39. The first kappa shape index (κ1) is 13.7. The molecule has 0 amide bonds. The molecule has 1 N–H and O–H groups in total. The average molecular weight is 275 g/mol. The van der Waals surface area contributed by atoms with Gasteiger partial charge in [-0.1, -0.05) is 24.3 Å². The molecule has 0 fully saturated rings. The summed E-state index contributed by atoms with van der Waals surface area (Å²) in [6, 6.07) is 9.13. The summed E-state index contributed by atoms with van der Waals surface area (Å²) >= 11 is 0. The quantitative estimate of drug-likeness (QED) is 0.687. The van der Waals surface area contributed by atoms with Crippen molar-refractivity contribution < 1.29 is 19.2 Å². The summed E-state index contributed by atoms with van der Waals surface area (Å²) in [6.07, 6.45) is 0. The lowest BCUT2D eigenvalue weighted by Gasteiger charge is -2.08. The number of aryl methyl sites for hydroxylation is 1.